The van der Waals surface area contributed by atoms with E-state index in [4.69, 9.17) is 0 Å². The summed E-state index contributed by atoms with van der Waals surface area (Å²) in [5.41, 5.74) is 3.12. The topological polar surface area (TPSA) is 29.0 Å². The Morgan fingerprint density at radius 2 is 2.39 bits per heavy atom. The van der Waals surface area contributed by atoms with Gasteiger partial charge in [0, 0.05) is 35.5 Å². The largest absolute Gasteiger partial charge is 0.297 e. The van der Waals surface area contributed by atoms with Crippen LogP contribution in [-0.4, -0.2) is 28.0 Å². The Hall–Kier alpha value is -0.780. The quantitative estimate of drug-likeness (QED) is 0.863. The lowest BCUT2D eigenvalue weighted by Gasteiger charge is -2.31. The number of aryl methyl sites for hydroxylation is 1. The van der Waals surface area contributed by atoms with Gasteiger partial charge in [0.25, 0.3) is 0 Å². The second-order valence-electron chi connectivity index (χ2n) is 4.86. The highest BCUT2D eigenvalue weighted by atomic mass is 32.1. The van der Waals surface area contributed by atoms with Crippen molar-refractivity contribution in [3.05, 3.63) is 32.7 Å². The van der Waals surface area contributed by atoms with Crippen LogP contribution in [0, 0.1) is 6.92 Å². The highest BCUT2D eigenvalue weighted by Crippen LogP contribution is 2.30. The molecular formula is C13H17N3S2. The Bertz CT molecular complexity index is 492. The second-order valence-corrected chi connectivity index (χ2v) is 6.85. The molecule has 0 saturated carbocycles. The molecule has 1 unspecified atom stereocenters. The molecule has 0 amide bonds. The third kappa shape index (κ3) is 2.79. The lowest BCUT2D eigenvalue weighted by Crippen LogP contribution is -2.33. The number of rotatable bonds is 3. The molecule has 1 fully saturated rings. The fourth-order valence-electron chi connectivity index (χ4n) is 2.51. The molecule has 2 aromatic heterocycles. The normalized spacial score (nSPS) is 21.3. The lowest BCUT2D eigenvalue weighted by molar-refractivity contribution is 0.198. The highest BCUT2D eigenvalue weighted by molar-refractivity contribution is 7.11. The summed E-state index contributed by atoms with van der Waals surface area (Å²) in [7, 11) is 0. The monoisotopic (exact) mass is 279 g/mol. The molecule has 0 bridgehead atoms. The summed E-state index contributed by atoms with van der Waals surface area (Å²) >= 11 is 3.53. The predicted molar refractivity (Wildman–Crippen MR) is 76.2 cm³/mol. The third-order valence-corrected chi connectivity index (χ3v) is 5.07. The molecular weight excluding hydrogens is 262 g/mol. The summed E-state index contributed by atoms with van der Waals surface area (Å²) in [6.45, 7) is 5.45. The summed E-state index contributed by atoms with van der Waals surface area (Å²) in [5, 5.41) is 3.47. The first-order valence-corrected chi connectivity index (χ1v) is 8.09. The molecule has 2 aromatic rings. The molecule has 3 heterocycles. The molecule has 3 rings (SSSR count). The summed E-state index contributed by atoms with van der Waals surface area (Å²) < 4.78 is 0. The Morgan fingerprint density at radius 3 is 3.11 bits per heavy atom. The Kier molecular flexibility index (Phi) is 3.72. The van der Waals surface area contributed by atoms with E-state index in [1.54, 1.807) is 11.3 Å². The van der Waals surface area contributed by atoms with Gasteiger partial charge < -0.3 is 0 Å². The number of nitrogens with zero attached hydrogens (tertiary/aromatic N) is 3. The zero-order valence-electron chi connectivity index (χ0n) is 10.5. The van der Waals surface area contributed by atoms with Gasteiger partial charge in [-0.25, -0.2) is 9.97 Å². The average Bonchev–Trinajstić information content (AvgIpc) is 3.01. The van der Waals surface area contributed by atoms with Gasteiger partial charge in [-0.1, -0.05) is 0 Å². The van der Waals surface area contributed by atoms with Crippen LogP contribution >= 0.6 is 22.7 Å². The molecule has 3 nitrogen and oxygen atoms in total. The lowest BCUT2D eigenvalue weighted by atomic mass is 9.99. The molecule has 5 heteroatoms. The SMILES string of the molecule is Cc1cnc(C2CCCN(Cc3cscn3)C2)s1. The number of hydrogen-bond acceptors (Lipinski definition) is 5. The minimum Gasteiger partial charge on any atom is -0.297 e. The molecule has 96 valence electrons. The van der Waals surface area contributed by atoms with Crippen molar-refractivity contribution in [1.29, 1.82) is 0 Å². The first-order valence-electron chi connectivity index (χ1n) is 6.33. The van der Waals surface area contributed by atoms with Crippen molar-refractivity contribution in [3.8, 4) is 0 Å². The van der Waals surface area contributed by atoms with Crippen molar-refractivity contribution in [2.24, 2.45) is 0 Å². The van der Waals surface area contributed by atoms with Crippen LogP contribution in [0.25, 0.3) is 0 Å². The predicted octanol–water partition coefficient (Wildman–Crippen LogP) is 3.29. The number of thiazole rings is 2. The van der Waals surface area contributed by atoms with Gasteiger partial charge in [-0.3, -0.25) is 4.90 Å². The molecule has 1 aliphatic heterocycles. The van der Waals surface area contributed by atoms with Crippen LogP contribution in [0.1, 0.15) is 34.3 Å². The molecule has 0 radical (unpaired) electrons. The molecule has 0 aliphatic carbocycles. The molecule has 1 atom stereocenters. The third-order valence-electron chi connectivity index (χ3n) is 3.36. The van der Waals surface area contributed by atoms with Gasteiger partial charge in [-0.15, -0.1) is 22.7 Å². The Balaban J connectivity index is 1.65. The average molecular weight is 279 g/mol. The van der Waals surface area contributed by atoms with Crippen LogP contribution < -0.4 is 0 Å². The summed E-state index contributed by atoms with van der Waals surface area (Å²) in [5.74, 6) is 0.621. The summed E-state index contributed by atoms with van der Waals surface area (Å²) in [4.78, 5) is 12.8. The standard InChI is InChI=1S/C13H17N3S2/c1-10-5-14-13(18-10)11-3-2-4-16(6-11)7-12-8-17-9-15-12/h5,8-9,11H,2-4,6-7H2,1H3. The van der Waals surface area contributed by atoms with Gasteiger partial charge in [0.2, 0.25) is 0 Å². The highest BCUT2D eigenvalue weighted by Gasteiger charge is 2.23. The minimum absolute atomic E-state index is 0.621. The molecule has 1 aliphatic rings. The van der Waals surface area contributed by atoms with E-state index in [2.05, 4.69) is 27.2 Å². The fourth-order valence-corrected chi connectivity index (χ4v) is 3.96. The van der Waals surface area contributed by atoms with Crippen LogP contribution in [-0.2, 0) is 6.54 Å². The van der Waals surface area contributed by atoms with E-state index < -0.39 is 0 Å². The number of likely N-dealkylation sites (tertiary alicyclic amines) is 1. The fraction of sp³-hybridized carbons (Fsp3) is 0.538. The van der Waals surface area contributed by atoms with Gasteiger partial charge in [0.1, 0.15) is 0 Å². The minimum atomic E-state index is 0.621. The van der Waals surface area contributed by atoms with Crippen molar-refractivity contribution >= 4 is 22.7 Å². The number of aromatic nitrogens is 2. The van der Waals surface area contributed by atoms with E-state index in [-0.39, 0.29) is 0 Å². The van der Waals surface area contributed by atoms with E-state index in [0.717, 1.165) is 13.1 Å². The maximum atomic E-state index is 4.55. The molecule has 0 N–H and O–H groups in total. The summed E-state index contributed by atoms with van der Waals surface area (Å²) in [6.07, 6.45) is 4.55. The van der Waals surface area contributed by atoms with Crippen molar-refractivity contribution in [2.75, 3.05) is 13.1 Å². The van der Waals surface area contributed by atoms with Gasteiger partial charge in [-0.2, -0.15) is 0 Å². The maximum absolute atomic E-state index is 4.55. The van der Waals surface area contributed by atoms with Gasteiger partial charge >= 0.3 is 0 Å². The van der Waals surface area contributed by atoms with Crippen LogP contribution in [0.3, 0.4) is 0 Å². The van der Waals surface area contributed by atoms with Crippen LogP contribution in [0.4, 0.5) is 0 Å². The van der Waals surface area contributed by atoms with E-state index >= 15 is 0 Å². The van der Waals surface area contributed by atoms with Crippen molar-refractivity contribution < 1.29 is 0 Å². The van der Waals surface area contributed by atoms with Gasteiger partial charge in [-0.05, 0) is 26.3 Å². The van der Waals surface area contributed by atoms with E-state index in [1.165, 1.54) is 35.0 Å². The molecule has 18 heavy (non-hydrogen) atoms. The van der Waals surface area contributed by atoms with Crippen molar-refractivity contribution in [3.63, 3.8) is 0 Å². The zero-order chi connectivity index (χ0) is 12.4. The van der Waals surface area contributed by atoms with E-state index in [0.29, 0.717) is 5.92 Å². The molecule has 0 aromatic carbocycles. The van der Waals surface area contributed by atoms with Crippen LogP contribution in [0.5, 0.6) is 0 Å². The van der Waals surface area contributed by atoms with Crippen molar-refractivity contribution in [1.82, 2.24) is 14.9 Å². The first-order chi connectivity index (χ1) is 8.81. The van der Waals surface area contributed by atoms with Crippen molar-refractivity contribution in [2.45, 2.75) is 32.2 Å². The smallest absolute Gasteiger partial charge is 0.0971 e. The summed E-state index contributed by atoms with van der Waals surface area (Å²) in [6, 6.07) is 0. The van der Waals surface area contributed by atoms with E-state index in [1.807, 2.05) is 23.0 Å². The molecule has 0 spiro atoms. The van der Waals surface area contributed by atoms with E-state index in [9.17, 15) is 0 Å². The number of piperidine rings is 1. The molecule has 1 saturated heterocycles. The van der Waals surface area contributed by atoms with Crippen LogP contribution in [0.2, 0.25) is 0 Å². The van der Waals surface area contributed by atoms with Crippen LogP contribution in [0.15, 0.2) is 17.1 Å². The second kappa shape index (κ2) is 5.47. The Labute approximate surface area is 116 Å². The number of hydrogen-bond donors (Lipinski definition) is 0. The Morgan fingerprint density at radius 1 is 1.44 bits per heavy atom. The first kappa shape index (κ1) is 12.3. The van der Waals surface area contributed by atoms with Gasteiger partial charge in [0.05, 0.1) is 16.2 Å². The van der Waals surface area contributed by atoms with Gasteiger partial charge in [0.15, 0.2) is 0 Å². The zero-order valence-corrected chi connectivity index (χ0v) is 12.1. The maximum Gasteiger partial charge on any atom is 0.0971 e.